The Morgan fingerprint density at radius 1 is 0.788 bits per heavy atom. The molecule has 0 rings (SSSR count). The van der Waals surface area contributed by atoms with Gasteiger partial charge in [0.1, 0.15) is 0 Å². The van der Waals surface area contributed by atoms with Gasteiger partial charge in [0, 0.05) is 30.5 Å². The van der Waals surface area contributed by atoms with Gasteiger partial charge in [-0.15, -0.1) is 0 Å². The quantitative estimate of drug-likeness (QED) is 0.267. The summed E-state index contributed by atoms with van der Waals surface area (Å²) in [4.78, 5) is 34.5. The second kappa shape index (κ2) is 17.2. The first-order valence-corrected chi connectivity index (χ1v) is 11.4. The zero-order valence-corrected chi connectivity index (χ0v) is 20.7. The molecule has 2 N–H and O–H groups in total. The molecule has 0 heterocycles. The van der Waals surface area contributed by atoms with Gasteiger partial charge in [0.2, 0.25) is 11.8 Å². The summed E-state index contributed by atoms with van der Waals surface area (Å²) >= 11 is 0. The van der Waals surface area contributed by atoms with Crippen LogP contribution < -0.4 is 10.6 Å². The highest BCUT2D eigenvalue weighted by Crippen LogP contribution is 2.25. The number of allylic oxidation sites excluding steroid dienone is 1. The van der Waals surface area contributed by atoms with Crippen LogP contribution in [0.3, 0.4) is 0 Å². The van der Waals surface area contributed by atoms with Gasteiger partial charge in [0.05, 0.1) is 33.0 Å². The van der Waals surface area contributed by atoms with Gasteiger partial charge < -0.3 is 24.8 Å². The fraction of sp³-hybridized carbons (Fsp3) is 0.640. The summed E-state index contributed by atoms with van der Waals surface area (Å²) in [5, 5.41) is 5.53. The number of amides is 2. The topological polar surface area (TPSA) is 103 Å². The van der Waals surface area contributed by atoms with Crippen molar-refractivity contribution in [2.75, 3.05) is 39.6 Å². The summed E-state index contributed by atoms with van der Waals surface area (Å²) in [6.07, 6.45) is 4.88. The molecule has 33 heavy (non-hydrogen) atoms. The van der Waals surface area contributed by atoms with Crippen LogP contribution in [0.4, 0.5) is 0 Å². The Balaban J connectivity index is 4.92. The minimum Gasteiger partial charge on any atom is -0.380 e. The van der Waals surface area contributed by atoms with E-state index in [-0.39, 0.29) is 35.6 Å². The van der Waals surface area contributed by atoms with E-state index < -0.39 is 5.41 Å². The second-order valence-electron chi connectivity index (χ2n) is 8.61. The van der Waals surface area contributed by atoms with Gasteiger partial charge >= 0.3 is 0 Å². The Bertz CT molecular complexity index is 565. The maximum absolute atomic E-state index is 11.6. The maximum atomic E-state index is 11.6. The predicted octanol–water partition coefficient (Wildman–Crippen LogP) is 2.60. The monoisotopic (exact) mass is 466 g/mol. The van der Waals surface area contributed by atoms with E-state index in [2.05, 4.69) is 30.4 Å². The van der Waals surface area contributed by atoms with Gasteiger partial charge in [-0.3, -0.25) is 14.4 Å². The lowest BCUT2D eigenvalue weighted by Crippen LogP contribution is -2.41. The molecule has 0 saturated heterocycles. The highest BCUT2D eigenvalue weighted by Gasteiger charge is 2.30. The van der Waals surface area contributed by atoms with Gasteiger partial charge in [-0.2, -0.15) is 0 Å². The number of carbonyl (C=O) groups is 3. The summed E-state index contributed by atoms with van der Waals surface area (Å²) in [5.41, 5.74) is -0.424. The highest BCUT2D eigenvalue weighted by atomic mass is 16.5. The summed E-state index contributed by atoms with van der Waals surface area (Å²) in [6, 6.07) is -0.350. The Hall–Kier alpha value is -2.29. The normalized spacial score (nSPS) is 15.4. The van der Waals surface area contributed by atoms with Crippen LogP contribution in [0.2, 0.25) is 0 Å². The lowest BCUT2D eigenvalue weighted by molar-refractivity contribution is -0.118. The molecule has 0 aliphatic heterocycles. The third-order valence-corrected chi connectivity index (χ3v) is 5.04. The first-order valence-electron chi connectivity index (χ1n) is 11.4. The first kappa shape index (κ1) is 30.7. The van der Waals surface area contributed by atoms with Crippen molar-refractivity contribution < 1.29 is 28.6 Å². The predicted molar refractivity (Wildman–Crippen MR) is 130 cm³/mol. The summed E-state index contributed by atoms with van der Waals surface area (Å²) in [7, 11) is 0. The lowest BCUT2D eigenvalue weighted by Gasteiger charge is -2.33. The van der Waals surface area contributed by atoms with E-state index >= 15 is 0 Å². The molecule has 8 heteroatoms. The molecule has 0 aromatic carbocycles. The lowest BCUT2D eigenvalue weighted by atomic mass is 9.88. The van der Waals surface area contributed by atoms with Gasteiger partial charge in [0.25, 0.3) is 0 Å². The zero-order valence-electron chi connectivity index (χ0n) is 20.7. The fourth-order valence-electron chi connectivity index (χ4n) is 2.98. The molecule has 8 nitrogen and oxygen atoms in total. The number of carbonyl (C=O) groups excluding carboxylic acids is 3. The van der Waals surface area contributed by atoms with Crippen molar-refractivity contribution in [3.8, 4) is 0 Å². The molecular weight excluding hydrogens is 424 g/mol. The average Bonchev–Trinajstić information content (AvgIpc) is 2.78. The van der Waals surface area contributed by atoms with Gasteiger partial charge in [-0.1, -0.05) is 33.6 Å². The van der Waals surface area contributed by atoms with E-state index in [4.69, 9.17) is 14.2 Å². The van der Waals surface area contributed by atoms with Crippen molar-refractivity contribution in [1.29, 1.82) is 0 Å². The molecule has 0 spiro atoms. The maximum Gasteiger partial charge on any atom is 0.243 e. The summed E-state index contributed by atoms with van der Waals surface area (Å²) in [6.45, 7) is 20.3. The van der Waals surface area contributed by atoms with Gasteiger partial charge in [-0.25, -0.2) is 0 Å². The Morgan fingerprint density at radius 3 is 1.58 bits per heavy atom. The fourth-order valence-corrected chi connectivity index (χ4v) is 2.98. The summed E-state index contributed by atoms with van der Waals surface area (Å²) in [5.74, 6) is -0.447. The SMILES string of the molecule is C=CC(=O)CC(C)COCC(CC)(COCC(C)NC(=O)C=C)COCC(C)NC(=O)C=C. The van der Waals surface area contributed by atoms with Crippen LogP contribution in [0, 0.1) is 11.3 Å². The van der Waals surface area contributed by atoms with E-state index in [0.717, 1.165) is 6.42 Å². The average molecular weight is 467 g/mol. The van der Waals surface area contributed by atoms with Crippen LogP contribution >= 0.6 is 0 Å². The molecule has 2 amide bonds. The molecule has 0 aromatic rings. The molecule has 0 radical (unpaired) electrons. The molecule has 0 saturated carbocycles. The number of rotatable bonds is 20. The van der Waals surface area contributed by atoms with E-state index in [1.54, 1.807) is 0 Å². The van der Waals surface area contributed by atoms with Crippen molar-refractivity contribution in [2.24, 2.45) is 11.3 Å². The molecular formula is C25H42N2O6. The van der Waals surface area contributed by atoms with E-state index in [1.165, 1.54) is 18.2 Å². The summed E-state index contributed by atoms with van der Waals surface area (Å²) < 4.78 is 17.8. The molecule has 0 aromatic heterocycles. The minimum atomic E-state index is -0.424. The molecule has 188 valence electrons. The van der Waals surface area contributed by atoms with Crippen LogP contribution in [0.1, 0.15) is 40.5 Å². The van der Waals surface area contributed by atoms with Crippen LogP contribution in [-0.4, -0.2) is 69.3 Å². The molecule has 0 aliphatic rings. The van der Waals surface area contributed by atoms with Crippen molar-refractivity contribution in [3.63, 3.8) is 0 Å². The molecule has 3 atom stereocenters. The zero-order chi connectivity index (χ0) is 25.3. The van der Waals surface area contributed by atoms with Crippen molar-refractivity contribution in [3.05, 3.63) is 38.0 Å². The third-order valence-electron chi connectivity index (χ3n) is 5.04. The van der Waals surface area contributed by atoms with Crippen LogP contribution in [0.15, 0.2) is 38.0 Å². The minimum absolute atomic E-state index is 0.00867. The highest BCUT2D eigenvalue weighted by molar-refractivity contribution is 5.89. The van der Waals surface area contributed by atoms with E-state index in [0.29, 0.717) is 46.1 Å². The van der Waals surface area contributed by atoms with Crippen LogP contribution in [0.25, 0.3) is 0 Å². The Morgan fingerprint density at radius 2 is 1.21 bits per heavy atom. The Labute approximate surface area is 198 Å². The van der Waals surface area contributed by atoms with Crippen LogP contribution in [0.5, 0.6) is 0 Å². The van der Waals surface area contributed by atoms with Crippen molar-refractivity contribution >= 4 is 17.6 Å². The molecule has 0 bridgehead atoms. The van der Waals surface area contributed by atoms with Crippen molar-refractivity contribution in [1.82, 2.24) is 10.6 Å². The van der Waals surface area contributed by atoms with Gasteiger partial charge in [-0.05, 0) is 44.4 Å². The third kappa shape index (κ3) is 14.5. The molecule has 0 aliphatic carbocycles. The van der Waals surface area contributed by atoms with Crippen LogP contribution in [-0.2, 0) is 28.6 Å². The number of ether oxygens (including phenoxy) is 3. The standard InChI is InChI=1S/C25H42N2O6/c1-8-22(28)12-19(5)13-31-16-25(11-4,17-32-14-20(6)26-23(29)9-2)18-33-15-21(7)27-24(30)10-3/h8-10,19-21H,1-3,11-18H2,4-7H3,(H,26,29)(H,27,30). The van der Waals surface area contributed by atoms with Gasteiger partial charge in [0.15, 0.2) is 5.78 Å². The van der Waals surface area contributed by atoms with Crippen molar-refractivity contribution in [2.45, 2.75) is 52.6 Å². The largest absolute Gasteiger partial charge is 0.380 e. The number of nitrogens with one attached hydrogen (secondary N) is 2. The smallest absolute Gasteiger partial charge is 0.243 e. The van der Waals surface area contributed by atoms with E-state index in [1.807, 2.05) is 27.7 Å². The number of hydrogen-bond acceptors (Lipinski definition) is 6. The molecule has 0 fully saturated rings. The second-order valence-corrected chi connectivity index (χ2v) is 8.61. The molecule has 3 unspecified atom stereocenters. The Kier molecular flexibility index (Phi) is 16.0. The number of hydrogen-bond donors (Lipinski definition) is 2. The van der Waals surface area contributed by atoms with E-state index in [9.17, 15) is 14.4 Å². The first-order chi connectivity index (χ1) is 15.6. The number of ketones is 1.